The molecule has 1 fully saturated rings. The molecule has 0 aromatic carbocycles. The van der Waals surface area contributed by atoms with Crippen LogP contribution in [0.1, 0.15) is 13.3 Å². The summed E-state index contributed by atoms with van der Waals surface area (Å²) in [6, 6.07) is 0. The Bertz CT molecular complexity index is 223. The highest BCUT2D eigenvalue weighted by Crippen LogP contribution is 1.97. The van der Waals surface area contributed by atoms with Gasteiger partial charge in [-0.05, 0) is 13.3 Å². The van der Waals surface area contributed by atoms with Gasteiger partial charge in [0.05, 0.1) is 6.61 Å². The Balaban J connectivity index is 2.01. The SMILES string of the molecule is C=C(C)C(=O)OCCCN1CCNCC1. The summed E-state index contributed by atoms with van der Waals surface area (Å²) in [5.74, 6) is -0.282. The van der Waals surface area contributed by atoms with Gasteiger partial charge in [-0.2, -0.15) is 0 Å². The van der Waals surface area contributed by atoms with Crippen molar-refractivity contribution in [3.05, 3.63) is 12.2 Å². The number of hydrogen-bond donors (Lipinski definition) is 1. The van der Waals surface area contributed by atoms with Gasteiger partial charge in [-0.1, -0.05) is 6.58 Å². The van der Waals surface area contributed by atoms with Crippen LogP contribution >= 0.6 is 0 Å². The number of nitrogens with one attached hydrogen (secondary N) is 1. The topological polar surface area (TPSA) is 41.6 Å². The number of rotatable bonds is 5. The van der Waals surface area contributed by atoms with E-state index in [4.69, 9.17) is 4.74 Å². The van der Waals surface area contributed by atoms with Gasteiger partial charge in [0.2, 0.25) is 0 Å². The number of ether oxygens (including phenoxy) is 1. The van der Waals surface area contributed by atoms with Gasteiger partial charge in [0.25, 0.3) is 0 Å². The molecular formula is C11H20N2O2. The highest BCUT2D eigenvalue weighted by atomic mass is 16.5. The number of carbonyl (C=O) groups excluding carboxylic acids is 1. The second kappa shape index (κ2) is 6.58. The minimum Gasteiger partial charge on any atom is -0.462 e. The standard InChI is InChI=1S/C11H20N2O2/c1-10(2)11(14)15-9-3-6-13-7-4-12-5-8-13/h12H,1,3-9H2,2H3. The summed E-state index contributed by atoms with van der Waals surface area (Å²) < 4.78 is 5.01. The summed E-state index contributed by atoms with van der Waals surface area (Å²) in [4.78, 5) is 13.4. The molecule has 0 aromatic heterocycles. The minimum atomic E-state index is -0.282. The van der Waals surface area contributed by atoms with E-state index >= 15 is 0 Å². The molecule has 0 spiro atoms. The lowest BCUT2D eigenvalue weighted by Gasteiger charge is -2.26. The van der Waals surface area contributed by atoms with Crippen molar-refractivity contribution in [1.29, 1.82) is 0 Å². The van der Waals surface area contributed by atoms with E-state index in [0.29, 0.717) is 12.2 Å². The molecule has 0 saturated carbocycles. The molecule has 1 N–H and O–H groups in total. The number of piperazine rings is 1. The zero-order valence-corrected chi connectivity index (χ0v) is 9.42. The molecule has 0 radical (unpaired) electrons. The summed E-state index contributed by atoms with van der Waals surface area (Å²) >= 11 is 0. The van der Waals surface area contributed by atoms with E-state index in [9.17, 15) is 4.79 Å². The number of nitrogens with zero attached hydrogens (tertiary/aromatic N) is 1. The van der Waals surface area contributed by atoms with Gasteiger partial charge >= 0.3 is 5.97 Å². The van der Waals surface area contributed by atoms with E-state index < -0.39 is 0 Å². The maximum Gasteiger partial charge on any atom is 0.333 e. The van der Waals surface area contributed by atoms with Crippen molar-refractivity contribution in [3.63, 3.8) is 0 Å². The van der Waals surface area contributed by atoms with Gasteiger partial charge < -0.3 is 15.0 Å². The van der Waals surface area contributed by atoms with Crippen LogP contribution in [0.4, 0.5) is 0 Å². The Morgan fingerprint density at radius 1 is 1.47 bits per heavy atom. The van der Waals surface area contributed by atoms with Gasteiger partial charge in [0.1, 0.15) is 0 Å². The van der Waals surface area contributed by atoms with Crippen LogP contribution in [0.2, 0.25) is 0 Å². The van der Waals surface area contributed by atoms with Gasteiger partial charge in [-0.25, -0.2) is 4.79 Å². The lowest BCUT2D eigenvalue weighted by molar-refractivity contribution is -0.139. The zero-order chi connectivity index (χ0) is 11.1. The molecule has 0 aromatic rings. The number of carbonyl (C=O) groups is 1. The van der Waals surface area contributed by atoms with E-state index in [0.717, 1.165) is 39.1 Å². The summed E-state index contributed by atoms with van der Waals surface area (Å²) in [6.07, 6.45) is 0.902. The molecule has 0 bridgehead atoms. The third-order valence-electron chi connectivity index (χ3n) is 2.41. The van der Waals surface area contributed by atoms with Crippen LogP contribution in [0.5, 0.6) is 0 Å². The van der Waals surface area contributed by atoms with Gasteiger partial charge in [-0.3, -0.25) is 0 Å². The maximum atomic E-state index is 11.0. The Morgan fingerprint density at radius 3 is 2.73 bits per heavy atom. The van der Waals surface area contributed by atoms with Crippen molar-refractivity contribution in [2.24, 2.45) is 0 Å². The van der Waals surface area contributed by atoms with Crippen molar-refractivity contribution < 1.29 is 9.53 Å². The van der Waals surface area contributed by atoms with Crippen LogP contribution in [-0.4, -0.2) is 50.2 Å². The molecular weight excluding hydrogens is 192 g/mol. The lowest BCUT2D eigenvalue weighted by atomic mass is 10.3. The normalized spacial score (nSPS) is 17.4. The van der Waals surface area contributed by atoms with Crippen LogP contribution in [-0.2, 0) is 9.53 Å². The second-order valence-electron chi connectivity index (χ2n) is 3.86. The molecule has 15 heavy (non-hydrogen) atoms. The van der Waals surface area contributed by atoms with Crippen molar-refractivity contribution in [2.75, 3.05) is 39.3 Å². The summed E-state index contributed by atoms with van der Waals surface area (Å²) in [5.41, 5.74) is 0.470. The smallest absolute Gasteiger partial charge is 0.333 e. The summed E-state index contributed by atoms with van der Waals surface area (Å²) in [7, 11) is 0. The molecule has 0 aliphatic carbocycles. The van der Waals surface area contributed by atoms with Crippen LogP contribution in [0.25, 0.3) is 0 Å². The lowest BCUT2D eigenvalue weighted by Crippen LogP contribution is -2.43. The molecule has 1 aliphatic rings. The fraction of sp³-hybridized carbons (Fsp3) is 0.727. The Kier molecular flexibility index (Phi) is 5.36. The molecule has 1 heterocycles. The largest absolute Gasteiger partial charge is 0.462 e. The molecule has 1 aliphatic heterocycles. The van der Waals surface area contributed by atoms with E-state index in [1.807, 2.05) is 0 Å². The van der Waals surface area contributed by atoms with Crippen LogP contribution < -0.4 is 5.32 Å². The Morgan fingerprint density at radius 2 is 2.13 bits per heavy atom. The predicted molar refractivity (Wildman–Crippen MR) is 59.7 cm³/mol. The first-order chi connectivity index (χ1) is 7.20. The molecule has 86 valence electrons. The fourth-order valence-corrected chi connectivity index (χ4v) is 1.51. The number of hydrogen-bond acceptors (Lipinski definition) is 4. The molecule has 0 amide bonds. The molecule has 4 heteroatoms. The predicted octanol–water partition coefficient (Wildman–Crippen LogP) is 0.401. The van der Waals surface area contributed by atoms with Crippen molar-refractivity contribution >= 4 is 5.97 Å². The van der Waals surface area contributed by atoms with Gasteiger partial charge in [0, 0.05) is 38.3 Å². The molecule has 1 saturated heterocycles. The van der Waals surface area contributed by atoms with Crippen LogP contribution in [0.15, 0.2) is 12.2 Å². The van der Waals surface area contributed by atoms with Crippen molar-refractivity contribution in [2.45, 2.75) is 13.3 Å². The minimum absolute atomic E-state index is 0.282. The summed E-state index contributed by atoms with van der Waals surface area (Å²) in [5, 5.41) is 3.30. The molecule has 0 atom stereocenters. The Labute approximate surface area is 91.3 Å². The maximum absolute atomic E-state index is 11.0. The first kappa shape index (κ1) is 12.2. The van der Waals surface area contributed by atoms with E-state index in [2.05, 4.69) is 16.8 Å². The molecule has 4 nitrogen and oxygen atoms in total. The fourth-order valence-electron chi connectivity index (χ4n) is 1.51. The van der Waals surface area contributed by atoms with E-state index in [1.165, 1.54) is 0 Å². The van der Waals surface area contributed by atoms with Crippen LogP contribution in [0, 0.1) is 0 Å². The average molecular weight is 212 g/mol. The van der Waals surface area contributed by atoms with Gasteiger partial charge in [0.15, 0.2) is 0 Å². The third kappa shape index (κ3) is 4.95. The van der Waals surface area contributed by atoms with Crippen LogP contribution in [0.3, 0.4) is 0 Å². The van der Waals surface area contributed by atoms with E-state index in [-0.39, 0.29) is 5.97 Å². The zero-order valence-electron chi connectivity index (χ0n) is 9.42. The quantitative estimate of drug-likeness (QED) is 0.407. The van der Waals surface area contributed by atoms with Crippen molar-refractivity contribution in [1.82, 2.24) is 10.2 Å². The highest BCUT2D eigenvalue weighted by molar-refractivity contribution is 5.86. The second-order valence-corrected chi connectivity index (χ2v) is 3.86. The third-order valence-corrected chi connectivity index (χ3v) is 2.41. The summed E-state index contributed by atoms with van der Waals surface area (Å²) in [6.45, 7) is 11.0. The van der Waals surface area contributed by atoms with Gasteiger partial charge in [-0.15, -0.1) is 0 Å². The first-order valence-electron chi connectivity index (χ1n) is 5.46. The molecule has 1 rings (SSSR count). The van der Waals surface area contributed by atoms with Crippen molar-refractivity contribution in [3.8, 4) is 0 Å². The monoisotopic (exact) mass is 212 g/mol. The average Bonchev–Trinajstić information content (AvgIpc) is 2.25. The highest BCUT2D eigenvalue weighted by Gasteiger charge is 2.09. The van der Waals surface area contributed by atoms with E-state index in [1.54, 1.807) is 6.92 Å². The molecule has 0 unspecified atom stereocenters. The number of esters is 1. The first-order valence-corrected chi connectivity index (χ1v) is 5.46. The Hall–Kier alpha value is -0.870.